The van der Waals surface area contributed by atoms with Crippen molar-refractivity contribution in [2.45, 2.75) is 6.92 Å². The highest BCUT2D eigenvalue weighted by Gasteiger charge is 2.10. The number of halogens is 1. The number of carbonyl (C=O) groups is 1. The van der Waals surface area contributed by atoms with Gasteiger partial charge in [0.1, 0.15) is 0 Å². The molecule has 20 heavy (non-hydrogen) atoms. The second kappa shape index (κ2) is 9.07. The normalized spacial score (nSPS) is 10.8. The molecule has 0 fully saturated rings. The molecule has 0 atom stereocenters. The lowest BCUT2D eigenvalue weighted by molar-refractivity contribution is -0.117. The highest BCUT2D eigenvalue weighted by atomic mass is 79.9. The summed E-state index contributed by atoms with van der Waals surface area (Å²) in [6.45, 7) is 3.83. The smallest absolute Gasteiger partial charge is 0.238 e. The quantitative estimate of drug-likeness (QED) is 0.752. The zero-order chi connectivity index (χ0) is 15.0. The average Bonchev–Trinajstić information content (AvgIpc) is 2.40. The number of nitrogens with zero attached hydrogens (tertiary/aromatic N) is 1. The number of amides is 1. The van der Waals surface area contributed by atoms with Gasteiger partial charge in [0.25, 0.3) is 0 Å². The Morgan fingerprint density at radius 1 is 1.45 bits per heavy atom. The van der Waals surface area contributed by atoms with Crippen molar-refractivity contribution >= 4 is 27.5 Å². The standard InChI is InChI=1S/C14H21BrN2O3/c1-11-9-12(3-4-13(11)15)16-14(19)10-17(5-7-18)6-8-20-2/h3-4,9,18H,5-8,10H2,1-2H3,(H,16,19). The number of rotatable bonds is 8. The van der Waals surface area contributed by atoms with Crippen molar-refractivity contribution < 1.29 is 14.6 Å². The van der Waals surface area contributed by atoms with Crippen LogP contribution in [0, 0.1) is 6.92 Å². The van der Waals surface area contributed by atoms with Crippen LogP contribution in [0.1, 0.15) is 5.56 Å². The first-order chi connectivity index (χ1) is 9.56. The molecule has 0 aliphatic carbocycles. The van der Waals surface area contributed by atoms with E-state index in [0.29, 0.717) is 19.7 Å². The first-order valence-electron chi connectivity index (χ1n) is 6.45. The van der Waals surface area contributed by atoms with Crippen LogP contribution in [0.25, 0.3) is 0 Å². The third-order valence-corrected chi connectivity index (χ3v) is 3.73. The molecule has 0 unspecified atom stereocenters. The second-order valence-electron chi connectivity index (χ2n) is 4.50. The number of aryl methyl sites for hydroxylation is 1. The lowest BCUT2D eigenvalue weighted by atomic mass is 10.2. The van der Waals surface area contributed by atoms with E-state index in [4.69, 9.17) is 9.84 Å². The Bertz CT molecular complexity index is 440. The van der Waals surface area contributed by atoms with Gasteiger partial charge >= 0.3 is 0 Å². The summed E-state index contributed by atoms with van der Waals surface area (Å²) in [5.74, 6) is -0.101. The van der Waals surface area contributed by atoms with Gasteiger partial charge in [-0.05, 0) is 30.7 Å². The number of hydrogen-bond donors (Lipinski definition) is 2. The number of anilines is 1. The number of aliphatic hydroxyl groups is 1. The van der Waals surface area contributed by atoms with Gasteiger partial charge in [-0.1, -0.05) is 15.9 Å². The fraction of sp³-hybridized carbons (Fsp3) is 0.500. The predicted octanol–water partition coefficient (Wildman–Crippen LogP) is 1.64. The van der Waals surface area contributed by atoms with E-state index in [2.05, 4.69) is 21.2 Å². The zero-order valence-corrected chi connectivity index (χ0v) is 13.4. The molecule has 1 aromatic carbocycles. The van der Waals surface area contributed by atoms with Gasteiger partial charge in [-0.2, -0.15) is 0 Å². The zero-order valence-electron chi connectivity index (χ0n) is 11.9. The minimum Gasteiger partial charge on any atom is -0.395 e. The molecule has 2 N–H and O–H groups in total. The van der Waals surface area contributed by atoms with E-state index in [0.717, 1.165) is 15.7 Å². The minimum absolute atomic E-state index is 0.0222. The Morgan fingerprint density at radius 3 is 2.80 bits per heavy atom. The number of aliphatic hydroxyl groups excluding tert-OH is 1. The Balaban J connectivity index is 2.53. The summed E-state index contributed by atoms with van der Waals surface area (Å²) in [6, 6.07) is 5.66. The van der Waals surface area contributed by atoms with Crippen LogP contribution in [0.5, 0.6) is 0 Å². The van der Waals surface area contributed by atoms with Gasteiger partial charge in [0.05, 0.1) is 19.8 Å². The second-order valence-corrected chi connectivity index (χ2v) is 5.36. The van der Waals surface area contributed by atoms with E-state index in [-0.39, 0.29) is 19.1 Å². The fourth-order valence-corrected chi connectivity index (χ4v) is 2.00. The number of nitrogens with one attached hydrogen (secondary N) is 1. The van der Waals surface area contributed by atoms with E-state index in [9.17, 15) is 4.79 Å². The first kappa shape index (κ1) is 17.1. The third kappa shape index (κ3) is 6.00. The molecule has 5 nitrogen and oxygen atoms in total. The van der Waals surface area contributed by atoms with Gasteiger partial charge in [0.2, 0.25) is 5.91 Å². The molecule has 0 saturated carbocycles. The van der Waals surface area contributed by atoms with Crippen molar-refractivity contribution in [2.24, 2.45) is 0 Å². The van der Waals surface area contributed by atoms with Crippen LogP contribution >= 0.6 is 15.9 Å². The van der Waals surface area contributed by atoms with Crippen LogP contribution in [0.2, 0.25) is 0 Å². The summed E-state index contributed by atoms with van der Waals surface area (Å²) >= 11 is 3.42. The number of methoxy groups -OCH3 is 1. The van der Waals surface area contributed by atoms with Gasteiger partial charge in [0.15, 0.2) is 0 Å². The molecule has 0 aromatic heterocycles. The van der Waals surface area contributed by atoms with E-state index < -0.39 is 0 Å². The highest BCUT2D eigenvalue weighted by molar-refractivity contribution is 9.10. The summed E-state index contributed by atoms with van der Waals surface area (Å²) < 4.78 is 6.00. The Morgan fingerprint density at radius 2 is 2.20 bits per heavy atom. The SMILES string of the molecule is COCCN(CCO)CC(=O)Nc1ccc(Br)c(C)c1. The van der Waals surface area contributed by atoms with Gasteiger partial charge in [-0.25, -0.2) is 0 Å². The Kier molecular flexibility index (Phi) is 7.76. The summed E-state index contributed by atoms with van der Waals surface area (Å²) in [5.41, 5.74) is 1.83. The van der Waals surface area contributed by atoms with Crippen LogP contribution < -0.4 is 5.32 Å². The van der Waals surface area contributed by atoms with E-state index in [1.807, 2.05) is 30.0 Å². The van der Waals surface area contributed by atoms with Gasteiger partial charge in [0, 0.05) is 30.4 Å². The molecular formula is C14H21BrN2O3. The molecular weight excluding hydrogens is 324 g/mol. The number of carbonyl (C=O) groups excluding carboxylic acids is 1. The number of benzene rings is 1. The molecule has 0 saturated heterocycles. The van der Waals surface area contributed by atoms with Crippen molar-refractivity contribution in [3.8, 4) is 0 Å². The van der Waals surface area contributed by atoms with Crippen molar-refractivity contribution in [1.82, 2.24) is 4.90 Å². The van der Waals surface area contributed by atoms with E-state index in [1.54, 1.807) is 7.11 Å². The van der Waals surface area contributed by atoms with Crippen LogP contribution in [0.4, 0.5) is 5.69 Å². The van der Waals surface area contributed by atoms with Crippen LogP contribution in [-0.4, -0.2) is 55.9 Å². The third-order valence-electron chi connectivity index (χ3n) is 2.84. The van der Waals surface area contributed by atoms with Crippen LogP contribution in [0.3, 0.4) is 0 Å². The van der Waals surface area contributed by atoms with Gasteiger partial charge in [-0.15, -0.1) is 0 Å². The summed E-state index contributed by atoms with van der Waals surface area (Å²) in [5, 5.41) is 11.8. The highest BCUT2D eigenvalue weighted by Crippen LogP contribution is 2.19. The fourth-order valence-electron chi connectivity index (χ4n) is 1.76. The topological polar surface area (TPSA) is 61.8 Å². The summed E-state index contributed by atoms with van der Waals surface area (Å²) in [7, 11) is 1.61. The Labute approximate surface area is 128 Å². The maximum absolute atomic E-state index is 12.0. The monoisotopic (exact) mass is 344 g/mol. The minimum atomic E-state index is -0.101. The van der Waals surface area contributed by atoms with Crippen LogP contribution in [0.15, 0.2) is 22.7 Å². The average molecular weight is 345 g/mol. The predicted molar refractivity (Wildman–Crippen MR) is 82.9 cm³/mol. The van der Waals surface area contributed by atoms with Crippen molar-refractivity contribution in [1.29, 1.82) is 0 Å². The molecule has 0 aliphatic heterocycles. The largest absolute Gasteiger partial charge is 0.395 e. The molecule has 1 rings (SSSR count). The van der Waals surface area contributed by atoms with E-state index >= 15 is 0 Å². The molecule has 0 bridgehead atoms. The van der Waals surface area contributed by atoms with Gasteiger partial charge < -0.3 is 15.2 Å². The van der Waals surface area contributed by atoms with Crippen molar-refractivity contribution in [3.63, 3.8) is 0 Å². The molecule has 0 spiro atoms. The Hall–Kier alpha value is -0.950. The lowest BCUT2D eigenvalue weighted by Crippen LogP contribution is -2.37. The molecule has 6 heteroatoms. The molecule has 0 radical (unpaired) electrons. The van der Waals surface area contributed by atoms with Crippen LogP contribution in [-0.2, 0) is 9.53 Å². The lowest BCUT2D eigenvalue weighted by Gasteiger charge is -2.20. The summed E-state index contributed by atoms with van der Waals surface area (Å²) in [6.07, 6.45) is 0. The number of ether oxygens (including phenoxy) is 1. The maximum atomic E-state index is 12.0. The molecule has 1 aromatic rings. The van der Waals surface area contributed by atoms with Gasteiger partial charge in [-0.3, -0.25) is 9.69 Å². The first-order valence-corrected chi connectivity index (χ1v) is 7.24. The maximum Gasteiger partial charge on any atom is 0.238 e. The number of hydrogen-bond acceptors (Lipinski definition) is 4. The molecule has 0 aliphatic rings. The summed E-state index contributed by atoms with van der Waals surface area (Å²) in [4.78, 5) is 13.8. The molecule has 112 valence electrons. The van der Waals surface area contributed by atoms with Crippen molar-refractivity contribution in [2.75, 3.05) is 45.3 Å². The van der Waals surface area contributed by atoms with Crippen molar-refractivity contribution in [3.05, 3.63) is 28.2 Å². The van der Waals surface area contributed by atoms with E-state index in [1.165, 1.54) is 0 Å². The molecule has 1 amide bonds. The molecule has 0 heterocycles.